The zero-order chi connectivity index (χ0) is 28.9. The van der Waals surface area contributed by atoms with Crippen LogP contribution in [0.15, 0.2) is 42.5 Å². The molecule has 0 spiro atoms. The number of ketones is 1. The van der Waals surface area contributed by atoms with E-state index in [0.717, 1.165) is 0 Å². The number of carbonyl (C=O) groups excluding carboxylic acids is 5. The summed E-state index contributed by atoms with van der Waals surface area (Å²) < 4.78 is 5.14. The van der Waals surface area contributed by atoms with Crippen LogP contribution in [0.1, 0.15) is 44.4 Å². The molecule has 0 radical (unpaired) electrons. The summed E-state index contributed by atoms with van der Waals surface area (Å²) in [6.07, 6.45) is -0.266. The van der Waals surface area contributed by atoms with Crippen molar-refractivity contribution in [1.29, 1.82) is 0 Å². The minimum Gasteiger partial charge on any atom is -0.495 e. The molecule has 11 heteroatoms. The SMILES string of the molecule is COc1ccc(CC(=O)N[C@@H](CC(=O)N[C@H](C(=O)[C@@H]2C(=O)NC(=O)[C@H]2C)C(C)C)c2ccccc2)c(Cl)c1Cl. The standard InChI is InChI=1S/C28H31Cl2N3O6/c1-14(2)25(26(36)22-15(3)27(37)33-28(22)38)32-21(35)13-18(16-8-6-5-7-9-16)31-20(34)12-17-10-11-19(39-4)24(30)23(17)29/h5-11,14-15,18,22,25H,12-13H2,1-4H3,(H,31,34)(H,32,35)(H,33,37,38)/t15-,18-,22+,25-/m0/s1. The van der Waals surface area contributed by atoms with Crippen LogP contribution in [0.3, 0.4) is 0 Å². The van der Waals surface area contributed by atoms with Crippen molar-refractivity contribution in [3.63, 3.8) is 0 Å². The van der Waals surface area contributed by atoms with Crippen LogP contribution in [-0.4, -0.2) is 42.6 Å². The third-order valence-corrected chi connectivity index (χ3v) is 7.57. The molecule has 1 heterocycles. The van der Waals surface area contributed by atoms with E-state index in [4.69, 9.17) is 27.9 Å². The van der Waals surface area contributed by atoms with Gasteiger partial charge < -0.3 is 15.4 Å². The largest absolute Gasteiger partial charge is 0.495 e. The van der Waals surface area contributed by atoms with Crippen molar-refractivity contribution in [3.05, 3.63) is 63.6 Å². The molecule has 1 aliphatic rings. The normalized spacial score (nSPS) is 18.3. The molecule has 1 saturated heterocycles. The lowest BCUT2D eigenvalue weighted by molar-refractivity contribution is -0.137. The van der Waals surface area contributed by atoms with Gasteiger partial charge in [-0.3, -0.25) is 29.3 Å². The van der Waals surface area contributed by atoms with E-state index in [0.29, 0.717) is 16.9 Å². The Hall–Kier alpha value is -3.43. The van der Waals surface area contributed by atoms with Crippen LogP contribution in [0.5, 0.6) is 5.75 Å². The molecule has 0 bridgehead atoms. The first kappa shape index (κ1) is 30.1. The number of hydrogen-bond donors (Lipinski definition) is 3. The van der Waals surface area contributed by atoms with E-state index in [1.54, 1.807) is 50.2 Å². The van der Waals surface area contributed by atoms with Gasteiger partial charge in [0.1, 0.15) is 16.7 Å². The number of nitrogens with one attached hydrogen (secondary N) is 3. The van der Waals surface area contributed by atoms with Crippen LogP contribution in [0.4, 0.5) is 0 Å². The fourth-order valence-corrected chi connectivity index (χ4v) is 4.95. The smallest absolute Gasteiger partial charge is 0.238 e. The van der Waals surface area contributed by atoms with Crippen LogP contribution in [0, 0.1) is 17.8 Å². The van der Waals surface area contributed by atoms with Crippen molar-refractivity contribution in [1.82, 2.24) is 16.0 Å². The zero-order valence-electron chi connectivity index (χ0n) is 22.0. The number of amides is 4. The zero-order valence-corrected chi connectivity index (χ0v) is 23.6. The van der Waals surface area contributed by atoms with Gasteiger partial charge in [0.05, 0.1) is 43.0 Å². The number of carbonyl (C=O) groups is 5. The summed E-state index contributed by atoms with van der Waals surface area (Å²) in [6, 6.07) is 10.5. The first-order chi connectivity index (χ1) is 18.4. The summed E-state index contributed by atoms with van der Waals surface area (Å²) in [7, 11) is 1.46. The molecule has 0 aromatic heterocycles. The molecule has 0 unspecified atom stereocenters. The van der Waals surface area contributed by atoms with Crippen molar-refractivity contribution in [2.45, 2.75) is 45.7 Å². The Morgan fingerprint density at radius 3 is 2.18 bits per heavy atom. The number of benzene rings is 2. The third-order valence-electron chi connectivity index (χ3n) is 6.66. The van der Waals surface area contributed by atoms with Crippen molar-refractivity contribution < 1.29 is 28.7 Å². The number of methoxy groups -OCH3 is 1. The number of imide groups is 1. The Bertz CT molecular complexity index is 1270. The van der Waals surface area contributed by atoms with E-state index in [-0.39, 0.29) is 28.8 Å². The van der Waals surface area contributed by atoms with Crippen LogP contribution in [0.25, 0.3) is 0 Å². The number of ether oxygens (including phenoxy) is 1. The van der Waals surface area contributed by atoms with E-state index < -0.39 is 53.3 Å². The molecular formula is C28H31Cl2N3O6. The highest BCUT2D eigenvalue weighted by molar-refractivity contribution is 6.43. The lowest BCUT2D eigenvalue weighted by Gasteiger charge is -2.26. The van der Waals surface area contributed by atoms with Crippen LogP contribution < -0.4 is 20.7 Å². The molecule has 0 saturated carbocycles. The molecule has 4 atom stereocenters. The highest BCUT2D eigenvalue weighted by Gasteiger charge is 2.46. The van der Waals surface area contributed by atoms with Crippen molar-refractivity contribution in [2.24, 2.45) is 17.8 Å². The molecule has 3 rings (SSSR count). The van der Waals surface area contributed by atoms with Gasteiger partial charge in [-0.2, -0.15) is 0 Å². The van der Waals surface area contributed by atoms with Crippen LogP contribution in [-0.2, 0) is 30.4 Å². The molecule has 2 aromatic rings. The molecule has 4 amide bonds. The monoisotopic (exact) mass is 575 g/mol. The number of Topliss-reactive ketones (excluding diaryl/α,β-unsaturated/α-hetero) is 1. The number of hydrogen-bond acceptors (Lipinski definition) is 6. The average Bonchev–Trinajstić information content (AvgIpc) is 3.15. The van der Waals surface area contributed by atoms with E-state index in [9.17, 15) is 24.0 Å². The Balaban J connectivity index is 1.75. The predicted molar refractivity (Wildman–Crippen MR) is 146 cm³/mol. The van der Waals surface area contributed by atoms with Gasteiger partial charge in [0.2, 0.25) is 23.6 Å². The Morgan fingerprint density at radius 2 is 1.62 bits per heavy atom. The van der Waals surface area contributed by atoms with Gasteiger partial charge in [-0.15, -0.1) is 0 Å². The molecule has 2 aromatic carbocycles. The summed E-state index contributed by atoms with van der Waals surface area (Å²) in [6.45, 7) is 4.98. The summed E-state index contributed by atoms with van der Waals surface area (Å²) in [5, 5.41) is 8.15. The van der Waals surface area contributed by atoms with E-state index in [1.165, 1.54) is 14.0 Å². The fourth-order valence-electron chi connectivity index (χ4n) is 4.47. The van der Waals surface area contributed by atoms with Gasteiger partial charge in [-0.1, -0.05) is 80.4 Å². The lowest BCUT2D eigenvalue weighted by Crippen LogP contribution is -2.49. The van der Waals surface area contributed by atoms with E-state index in [1.807, 2.05) is 6.07 Å². The Morgan fingerprint density at radius 1 is 0.949 bits per heavy atom. The molecule has 208 valence electrons. The second-order valence-electron chi connectivity index (χ2n) is 9.78. The quantitative estimate of drug-likeness (QED) is 0.278. The molecule has 9 nitrogen and oxygen atoms in total. The summed E-state index contributed by atoms with van der Waals surface area (Å²) in [4.78, 5) is 63.5. The van der Waals surface area contributed by atoms with Crippen molar-refractivity contribution in [3.8, 4) is 5.75 Å². The summed E-state index contributed by atoms with van der Waals surface area (Å²) in [5.74, 6) is -4.56. The summed E-state index contributed by atoms with van der Waals surface area (Å²) >= 11 is 12.5. The Labute approximate surface area is 236 Å². The van der Waals surface area contributed by atoms with Gasteiger partial charge in [0, 0.05) is 0 Å². The van der Waals surface area contributed by atoms with Gasteiger partial charge in [0.15, 0.2) is 5.78 Å². The molecule has 3 N–H and O–H groups in total. The second-order valence-corrected chi connectivity index (χ2v) is 10.5. The minimum absolute atomic E-state index is 0.0939. The predicted octanol–water partition coefficient (Wildman–Crippen LogP) is 3.41. The number of halogens is 2. The molecular weight excluding hydrogens is 545 g/mol. The first-order valence-corrected chi connectivity index (χ1v) is 13.2. The van der Waals surface area contributed by atoms with Gasteiger partial charge in [-0.25, -0.2) is 0 Å². The molecule has 1 aliphatic heterocycles. The highest BCUT2D eigenvalue weighted by atomic mass is 35.5. The van der Waals surface area contributed by atoms with Crippen LogP contribution in [0.2, 0.25) is 10.0 Å². The minimum atomic E-state index is -1.17. The highest BCUT2D eigenvalue weighted by Crippen LogP contribution is 2.34. The maximum Gasteiger partial charge on any atom is 0.238 e. The van der Waals surface area contributed by atoms with E-state index in [2.05, 4.69) is 16.0 Å². The maximum atomic E-state index is 13.2. The Kier molecular flexibility index (Phi) is 10.1. The van der Waals surface area contributed by atoms with Crippen molar-refractivity contribution >= 4 is 52.6 Å². The lowest BCUT2D eigenvalue weighted by atomic mass is 9.85. The van der Waals surface area contributed by atoms with Gasteiger partial charge >= 0.3 is 0 Å². The van der Waals surface area contributed by atoms with E-state index >= 15 is 0 Å². The average molecular weight is 576 g/mol. The van der Waals surface area contributed by atoms with Crippen LogP contribution >= 0.6 is 23.2 Å². The maximum absolute atomic E-state index is 13.2. The second kappa shape index (κ2) is 13.1. The first-order valence-electron chi connectivity index (χ1n) is 12.5. The van der Waals surface area contributed by atoms with Crippen molar-refractivity contribution in [2.75, 3.05) is 7.11 Å². The van der Waals surface area contributed by atoms with Gasteiger partial charge in [0.25, 0.3) is 0 Å². The van der Waals surface area contributed by atoms with Gasteiger partial charge in [-0.05, 0) is 23.1 Å². The molecule has 0 aliphatic carbocycles. The molecule has 1 fully saturated rings. The third kappa shape index (κ3) is 7.16. The topological polar surface area (TPSA) is 131 Å². The number of rotatable bonds is 11. The summed E-state index contributed by atoms with van der Waals surface area (Å²) in [5.41, 5.74) is 1.17. The molecule has 39 heavy (non-hydrogen) atoms. The fraction of sp³-hybridized carbons (Fsp3) is 0.393.